The highest BCUT2D eigenvalue weighted by atomic mass is 35.5. The summed E-state index contributed by atoms with van der Waals surface area (Å²) >= 11 is 12.6. The summed E-state index contributed by atoms with van der Waals surface area (Å²) in [6.45, 7) is 3.97. The number of hydrogen-bond acceptors (Lipinski definition) is 8. The van der Waals surface area contributed by atoms with E-state index in [9.17, 15) is 23.2 Å². The molecule has 4 aromatic rings. The molecule has 0 aliphatic rings. The van der Waals surface area contributed by atoms with E-state index in [0.717, 1.165) is 0 Å². The molecule has 4 rings (SSSR count). The molecular weight excluding hydrogens is 667 g/mol. The summed E-state index contributed by atoms with van der Waals surface area (Å²) in [5.74, 6) is -3.56. The minimum atomic E-state index is -0.816. The van der Waals surface area contributed by atoms with Crippen LogP contribution in [0.3, 0.4) is 0 Å². The van der Waals surface area contributed by atoms with Gasteiger partial charge in [-0.2, -0.15) is 0 Å². The Labute approximate surface area is 280 Å². The van der Waals surface area contributed by atoms with Crippen LogP contribution in [-0.2, 0) is 19.1 Å². The fourth-order valence-electron chi connectivity index (χ4n) is 4.12. The van der Waals surface area contributed by atoms with Gasteiger partial charge in [-0.25, -0.2) is 8.78 Å². The van der Waals surface area contributed by atoms with Crippen LogP contribution >= 0.6 is 35.6 Å². The van der Waals surface area contributed by atoms with Crippen LogP contribution in [0, 0.1) is 11.6 Å². The molecule has 1 amide bonds. The van der Waals surface area contributed by atoms with Crippen LogP contribution in [-0.4, -0.2) is 58.9 Å². The summed E-state index contributed by atoms with van der Waals surface area (Å²) in [5.41, 5.74) is 7.32. The summed E-state index contributed by atoms with van der Waals surface area (Å²) in [6, 6.07) is 14.2. The molecule has 246 valence electrons. The minimum absolute atomic E-state index is 0. The molecule has 0 radical (unpaired) electrons. The second-order valence-corrected chi connectivity index (χ2v) is 10.1. The molecule has 3 aromatic carbocycles. The van der Waals surface area contributed by atoms with Crippen LogP contribution in [0.5, 0.6) is 0 Å². The predicted octanol–water partition coefficient (Wildman–Crippen LogP) is 5.64. The van der Waals surface area contributed by atoms with Crippen molar-refractivity contribution in [3.8, 4) is 5.69 Å². The number of nitrogens with one attached hydrogen (secondary N) is 1. The van der Waals surface area contributed by atoms with Crippen molar-refractivity contribution in [2.45, 2.75) is 25.7 Å². The first-order chi connectivity index (χ1) is 21.6. The van der Waals surface area contributed by atoms with Crippen LogP contribution in [0.15, 0.2) is 73.3 Å². The molecule has 1 heterocycles. The molecule has 2 unspecified atom stereocenters. The number of esters is 2. The Morgan fingerprint density at radius 2 is 1.26 bits per heavy atom. The molecule has 2 atom stereocenters. The summed E-state index contributed by atoms with van der Waals surface area (Å²) in [4.78, 5) is 36.5. The molecule has 0 aliphatic carbocycles. The van der Waals surface area contributed by atoms with Gasteiger partial charge in [-0.3, -0.25) is 19.0 Å². The van der Waals surface area contributed by atoms with Crippen molar-refractivity contribution >= 4 is 53.5 Å². The zero-order valence-electron chi connectivity index (χ0n) is 24.8. The fourth-order valence-corrected chi connectivity index (χ4v) is 4.77. The Hall–Kier alpha value is -4.10. The number of ether oxygens (including phenoxy) is 2. The van der Waals surface area contributed by atoms with Crippen molar-refractivity contribution in [1.29, 1.82) is 0 Å². The van der Waals surface area contributed by atoms with Gasteiger partial charge in [0.05, 0.1) is 46.3 Å². The topological polar surface area (TPSA) is 138 Å². The molecular formula is C31H32Cl3F2N5O5. The number of hydrogen-bond donors (Lipinski definition) is 2. The van der Waals surface area contributed by atoms with Gasteiger partial charge in [-0.05, 0) is 61.4 Å². The van der Waals surface area contributed by atoms with E-state index in [-0.39, 0.29) is 59.5 Å². The predicted molar refractivity (Wildman–Crippen MR) is 172 cm³/mol. The van der Waals surface area contributed by atoms with Crippen LogP contribution in [0.25, 0.3) is 5.69 Å². The Balaban J connectivity index is 0.000000389. The maximum Gasteiger partial charge on any atom is 0.315 e. The van der Waals surface area contributed by atoms with Crippen molar-refractivity contribution in [2.24, 2.45) is 5.73 Å². The first-order valence-corrected chi connectivity index (χ1v) is 14.5. The lowest BCUT2D eigenvalue weighted by Gasteiger charge is -2.17. The average Bonchev–Trinajstić information content (AvgIpc) is 3.55. The van der Waals surface area contributed by atoms with E-state index in [1.54, 1.807) is 42.7 Å². The number of nitrogens with two attached hydrogens (primary N) is 1. The van der Waals surface area contributed by atoms with Crippen molar-refractivity contribution in [1.82, 2.24) is 20.1 Å². The Morgan fingerprint density at radius 3 is 1.70 bits per heavy atom. The summed E-state index contributed by atoms with van der Waals surface area (Å²) in [5, 5.41) is 10.3. The number of aromatic nitrogens is 3. The van der Waals surface area contributed by atoms with E-state index < -0.39 is 29.5 Å². The van der Waals surface area contributed by atoms with Crippen molar-refractivity contribution in [3.63, 3.8) is 0 Å². The zero-order chi connectivity index (χ0) is 32.9. The minimum Gasteiger partial charge on any atom is -0.465 e. The molecule has 0 saturated carbocycles. The van der Waals surface area contributed by atoms with Crippen molar-refractivity contribution in [2.75, 3.05) is 26.3 Å². The molecule has 0 fully saturated rings. The Bertz CT molecular complexity index is 1550. The lowest BCUT2D eigenvalue weighted by Crippen LogP contribution is -2.33. The maximum atomic E-state index is 13.2. The van der Waals surface area contributed by atoms with E-state index >= 15 is 0 Å². The molecule has 1 aromatic heterocycles. The Morgan fingerprint density at radius 1 is 0.826 bits per heavy atom. The van der Waals surface area contributed by atoms with E-state index in [2.05, 4.69) is 15.5 Å². The second kappa shape index (κ2) is 18.8. The third-order valence-electron chi connectivity index (χ3n) is 6.36. The first-order valence-electron chi connectivity index (χ1n) is 13.8. The molecule has 46 heavy (non-hydrogen) atoms. The number of nitrogens with zero attached hydrogens (tertiary/aromatic N) is 3. The lowest BCUT2D eigenvalue weighted by molar-refractivity contribution is -0.145. The summed E-state index contributed by atoms with van der Waals surface area (Å²) in [6.07, 6.45) is 2.93. The maximum absolute atomic E-state index is 13.2. The molecule has 10 nitrogen and oxygen atoms in total. The van der Waals surface area contributed by atoms with Gasteiger partial charge in [-0.15, -0.1) is 22.6 Å². The normalized spacial score (nSPS) is 11.6. The van der Waals surface area contributed by atoms with E-state index in [4.69, 9.17) is 38.4 Å². The highest BCUT2D eigenvalue weighted by Crippen LogP contribution is 2.28. The number of carbonyl (C=O) groups is 3. The molecule has 0 saturated heterocycles. The Kier molecular flexibility index (Phi) is 15.5. The van der Waals surface area contributed by atoms with Gasteiger partial charge in [0.25, 0.3) is 5.91 Å². The van der Waals surface area contributed by atoms with E-state index in [0.29, 0.717) is 23.4 Å². The third-order valence-corrected chi connectivity index (χ3v) is 6.96. The van der Waals surface area contributed by atoms with Crippen LogP contribution < -0.4 is 11.1 Å². The molecule has 0 aliphatic heterocycles. The van der Waals surface area contributed by atoms with Gasteiger partial charge >= 0.3 is 11.9 Å². The van der Waals surface area contributed by atoms with Crippen LogP contribution in [0.1, 0.15) is 47.2 Å². The average molecular weight is 699 g/mol. The molecule has 3 N–H and O–H groups in total. The standard InChI is InChI=1S/C20H17Cl2FN4O3.C11H14FNO2.ClH/c1-2-30-20(29)15(12-3-5-13(23)6-4-12)9-24-19(28)18-16(21)7-14(8-17(18)22)27-10-25-26-11-27;1-2-15-11(14)10(7-13)8-3-5-9(12)6-4-8;/h3-8,10-11,15H,2,9H2,1H3,(H,24,28);3-6,10H,2,7,13H2,1H3;1H. The van der Waals surface area contributed by atoms with Gasteiger partial charge < -0.3 is 20.5 Å². The number of amides is 1. The lowest BCUT2D eigenvalue weighted by atomic mass is 9.99. The zero-order valence-corrected chi connectivity index (χ0v) is 27.1. The monoisotopic (exact) mass is 697 g/mol. The first kappa shape index (κ1) is 38.1. The number of benzene rings is 3. The van der Waals surface area contributed by atoms with E-state index in [1.807, 2.05) is 0 Å². The van der Waals surface area contributed by atoms with E-state index in [1.165, 1.54) is 49.1 Å². The summed E-state index contributed by atoms with van der Waals surface area (Å²) in [7, 11) is 0. The van der Waals surface area contributed by atoms with Gasteiger partial charge in [0, 0.05) is 13.1 Å². The van der Waals surface area contributed by atoms with Gasteiger partial charge in [0.1, 0.15) is 24.3 Å². The van der Waals surface area contributed by atoms with Crippen molar-refractivity contribution in [3.05, 3.63) is 112 Å². The molecule has 0 bridgehead atoms. The summed E-state index contributed by atoms with van der Waals surface area (Å²) < 4.78 is 37.4. The van der Waals surface area contributed by atoms with Crippen LogP contribution in [0.2, 0.25) is 10.0 Å². The smallest absolute Gasteiger partial charge is 0.315 e. The second-order valence-electron chi connectivity index (χ2n) is 9.31. The van der Waals surface area contributed by atoms with Gasteiger partial charge in [-0.1, -0.05) is 47.5 Å². The number of halogens is 5. The largest absolute Gasteiger partial charge is 0.465 e. The fraction of sp³-hybridized carbons (Fsp3) is 0.258. The van der Waals surface area contributed by atoms with Gasteiger partial charge in [0.2, 0.25) is 0 Å². The van der Waals surface area contributed by atoms with Gasteiger partial charge in [0.15, 0.2) is 0 Å². The number of carbonyl (C=O) groups excluding carboxylic acids is 3. The molecule has 0 spiro atoms. The van der Waals surface area contributed by atoms with Crippen molar-refractivity contribution < 1.29 is 32.6 Å². The highest BCUT2D eigenvalue weighted by molar-refractivity contribution is 6.40. The highest BCUT2D eigenvalue weighted by Gasteiger charge is 2.25. The SMILES string of the molecule is CCOC(=O)C(CN)c1ccc(F)cc1.CCOC(=O)C(CNC(=O)c1c(Cl)cc(-n2cnnc2)cc1Cl)c1ccc(F)cc1.Cl. The third kappa shape index (κ3) is 10.5. The van der Waals surface area contributed by atoms with Crippen LogP contribution in [0.4, 0.5) is 8.78 Å². The molecule has 15 heteroatoms. The quantitative estimate of drug-likeness (QED) is 0.192. The number of rotatable bonds is 11.